The summed E-state index contributed by atoms with van der Waals surface area (Å²) in [4.78, 5) is 35.8. The fraction of sp³-hybridized carbons (Fsp3) is 0.300. The van der Waals surface area contributed by atoms with Crippen molar-refractivity contribution in [3.63, 3.8) is 0 Å². The second-order valence-electron chi connectivity index (χ2n) is 3.66. The first kappa shape index (κ1) is 11.6. The van der Waals surface area contributed by atoms with Crippen LogP contribution in [0.5, 0.6) is 0 Å². The number of aliphatic carboxylic acids is 1. The van der Waals surface area contributed by atoms with E-state index in [0.29, 0.717) is 10.3 Å². The zero-order valence-electron chi connectivity index (χ0n) is 9.02. The van der Waals surface area contributed by atoms with Gasteiger partial charge >= 0.3 is 10.8 Å². The van der Waals surface area contributed by atoms with E-state index in [1.165, 1.54) is 10.6 Å². The Balaban J connectivity index is 2.62. The second-order valence-corrected chi connectivity index (χ2v) is 4.62. The molecule has 0 aliphatic carbocycles. The zero-order valence-corrected chi connectivity index (χ0v) is 9.84. The highest BCUT2D eigenvalue weighted by Gasteiger charge is 2.11. The Morgan fingerprint density at radius 2 is 2.24 bits per heavy atom. The summed E-state index contributed by atoms with van der Waals surface area (Å²) in [6.07, 6.45) is -0.151. The van der Waals surface area contributed by atoms with E-state index in [1.807, 2.05) is 0 Å². The largest absolute Gasteiger partial charge is 0.481 e. The van der Waals surface area contributed by atoms with Gasteiger partial charge in [0.05, 0.1) is 11.1 Å². The van der Waals surface area contributed by atoms with Crippen LogP contribution < -0.4 is 10.4 Å². The molecule has 0 aliphatic rings. The molecule has 0 atom stereocenters. The van der Waals surface area contributed by atoms with Gasteiger partial charge in [-0.05, 0) is 12.5 Å². The third kappa shape index (κ3) is 2.14. The van der Waals surface area contributed by atoms with Crippen LogP contribution in [0.25, 0.3) is 10.3 Å². The maximum absolute atomic E-state index is 11.7. The number of thiazole rings is 1. The van der Waals surface area contributed by atoms with E-state index < -0.39 is 5.97 Å². The lowest BCUT2D eigenvalue weighted by molar-refractivity contribution is -0.137. The predicted molar refractivity (Wildman–Crippen MR) is 63.7 cm³/mol. The van der Waals surface area contributed by atoms with Crippen LogP contribution in [0.1, 0.15) is 12.0 Å². The molecule has 0 fully saturated rings. The van der Waals surface area contributed by atoms with E-state index in [2.05, 4.69) is 4.98 Å². The molecular weight excluding hydrogens is 244 g/mol. The fourth-order valence-electron chi connectivity index (χ4n) is 1.62. The quantitative estimate of drug-likeness (QED) is 0.835. The molecule has 7 heteroatoms. The molecule has 90 valence electrons. The third-order valence-electron chi connectivity index (χ3n) is 2.39. The minimum atomic E-state index is -0.980. The summed E-state index contributed by atoms with van der Waals surface area (Å²) in [6, 6.07) is 1.42. The third-order valence-corrected chi connectivity index (χ3v) is 3.51. The topological polar surface area (TPSA) is 92.2 Å². The van der Waals surface area contributed by atoms with E-state index in [-0.39, 0.29) is 23.4 Å². The zero-order chi connectivity index (χ0) is 12.6. The van der Waals surface area contributed by atoms with Crippen LogP contribution in [0.15, 0.2) is 15.7 Å². The highest BCUT2D eigenvalue weighted by atomic mass is 32.1. The Morgan fingerprint density at radius 1 is 1.53 bits per heavy atom. The van der Waals surface area contributed by atoms with Gasteiger partial charge in [0.2, 0.25) is 5.56 Å². The van der Waals surface area contributed by atoms with Crippen LogP contribution in [0.2, 0.25) is 0 Å². The summed E-state index contributed by atoms with van der Waals surface area (Å²) >= 11 is 1.01. The van der Waals surface area contributed by atoms with Gasteiger partial charge in [0, 0.05) is 12.6 Å². The van der Waals surface area contributed by atoms with Crippen LogP contribution in [-0.2, 0) is 11.3 Å². The van der Waals surface area contributed by atoms with Gasteiger partial charge < -0.3 is 10.1 Å². The number of carbonyl (C=O) groups is 1. The van der Waals surface area contributed by atoms with E-state index in [1.54, 1.807) is 6.92 Å². The molecule has 0 saturated heterocycles. The first-order valence-corrected chi connectivity index (χ1v) is 5.76. The molecule has 0 saturated carbocycles. The summed E-state index contributed by atoms with van der Waals surface area (Å²) in [5, 5.41) is 8.60. The van der Waals surface area contributed by atoms with Crippen molar-refractivity contribution in [2.45, 2.75) is 19.9 Å². The maximum Gasteiger partial charge on any atom is 0.309 e. The van der Waals surface area contributed by atoms with Crippen molar-refractivity contribution in [1.29, 1.82) is 0 Å². The van der Waals surface area contributed by atoms with E-state index in [9.17, 15) is 14.4 Å². The van der Waals surface area contributed by atoms with Crippen molar-refractivity contribution < 1.29 is 9.90 Å². The molecule has 2 rings (SSSR count). The molecule has 2 aromatic rings. The van der Waals surface area contributed by atoms with Crippen LogP contribution in [0, 0.1) is 6.92 Å². The number of nitrogens with zero attached hydrogens (tertiary/aromatic N) is 1. The average molecular weight is 254 g/mol. The number of rotatable bonds is 3. The molecule has 2 heterocycles. The van der Waals surface area contributed by atoms with Crippen LogP contribution in [0.4, 0.5) is 0 Å². The summed E-state index contributed by atoms with van der Waals surface area (Å²) in [5.74, 6) is -0.980. The monoisotopic (exact) mass is 254 g/mol. The van der Waals surface area contributed by atoms with Gasteiger partial charge in [-0.2, -0.15) is 0 Å². The normalized spacial score (nSPS) is 10.9. The molecule has 2 aromatic heterocycles. The molecule has 0 radical (unpaired) electrons. The minimum Gasteiger partial charge on any atom is -0.481 e. The molecular formula is C10H10N2O4S. The van der Waals surface area contributed by atoms with Gasteiger partial charge in [-0.3, -0.25) is 19.0 Å². The Labute approximate surface area is 99.1 Å². The highest BCUT2D eigenvalue weighted by Crippen LogP contribution is 2.17. The number of fused-ring (bicyclic) bond motifs is 1. The molecule has 0 unspecified atom stereocenters. The molecule has 0 amide bonds. The van der Waals surface area contributed by atoms with Crippen molar-refractivity contribution in [2.24, 2.45) is 0 Å². The number of pyridine rings is 1. The Morgan fingerprint density at radius 3 is 2.88 bits per heavy atom. The van der Waals surface area contributed by atoms with Crippen molar-refractivity contribution >= 4 is 27.7 Å². The van der Waals surface area contributed by atoms with E-state index in [0.717, 1.165) is 16.9 Å². The lowest BCUT2D eigenvalue weighted by Crippen LogP contribution is -2.17. The maximum atomic E-state index is 11.7. The smallest absolute Gasteiger partial charge is 0.309 e. The molecule has 2 N–H and O–H groups in total. The van der Waals surface area contributed by atoms with Crippen LogP contribution in [0.3, 0.4) is 0 Å². The first-order valence-electron chi connectivity index (χ1n) is 4.94. The number of hydrogen-bond acceptors (Lipinski definition) is 4. The highest BCUT2D eigenvalue weighted by molar-refractivity contribution is 7.16. The standard InChI is InChI=1S/C10H10N2O4S/c1-5-4-6(13)11-9-8(5)17-10(16)12(9)3-2-7(14)15/h4H,2-3H2,1H3,(H,11,13)(H,14,15). The van der Waals surface area contributed by atoms with Gasteiger partial charge in [0.1, 0.15) is 5.65 Å². The molecule has 17 heavy (non-hydrogen) atoms. The second kappa shape index (κ2) is 4.17. The molecule has 0 aromatic carbocycles. The molecule has 0 aliphatic heterocycles. The lowest BCUT2D eigenvalue weighted by atomic mass is 10.3. The van der Waals surface area contributed by atoms with Crippen molar-refractivity contribution in [3.8, 4) is 0 Å². The van der Waals surface area contributed by atoms with Crippen LogP contribution in [-0.4, -0.2) is 20.6 Å². The number of H-pyrrole nitrogens is 1. The summed E-state index contributed by atoms with van der Waals surface area (Å²) in [7, 11) is 0. The Bertz CT molecular complexity index is 694. The summed E-state index contributed by atoms with van der Waals surface area (Å²) in [6.45, 7) is 1.81. The van der Waals surface area contributed by atoms with Gasteiger partial charge in [0.15, 0.2) is 0 Å². The lowest BCUT2D eigenvalue weighted by Gasteiger charge is -2.01. The number of carboxylic acid groups (broad SMARTS) is 1. The number of aromatic nitrogens is 2. The molecule has 6 nitrogen and oxygen atoms in total. The fourth-order valence-corrected chi connectivity index (χ4v) is 2.57. The average Bonchev–Trinajstić information content (AvgIpc) is 2.52. The number of nitrogens with one attached hydrogen (secondary N) is 1. The number of aromatic amines is 1. The Kier molecular flexibility index (Phi) is 2.84. The molecule has 0 spiro atoms. The van der Waals surface area contributed by atoms with Crippen molar-refractivity contribution in [1.82, 2.24) is 9.55 Å². The number of hydrogen-bond donors (Lipinski definition) is 2. The van der Waals surface area contributed by atoms with Crippen molar-refractivity contribution in [3.05, 3.63) is 31.7 Å². The van der Waals surface area contributed by atoms with E-state index >= 15 is 0 Å². The molecule has 0 bridgehead atoms. The van der Waals surface area contributed by atoms with Gasteiger partial charge in [-0.25, -0.2) is 0 Å². The van der Waals surface area contributed by atoms with Crippen LogP contribution >= 0.6 is 11.3 Å². The summed E-state index contributed by atoms with van der Waals surface area (Å²) in [5.41, 5.74) is 0.836. The van der Waals surface area contributed by atoms with E-state index in [4.69, 9.17) is 5.11 Å². The van der Waals surface area contributed by atoms with Crippen molar-refractivity contribution in [2.75, 3.05) is 0 Å². The van der Waals surface area contributed by atoms with Gasteiger partial charge in [-0.15, -0.1) is 0 Å². The summed E-state index contributed by atoms with van der Waals surface area (Å²) < 4.78 is 1.99. The first-order chi connectivity index (χ1) is 7.99. The minimum absolute atomic E-state index is 0.0631. The number of aryl methyl sites for hydroxylation is 2. The predicted octanol–water partition coefficient (Wildman–Crippen LogP) is 0.534. The SMILES string of the molecule is Cc1cc(=O)[nH]c2c1sc(=O)n2CCC(=O)O. The number of carboxylic acids is 1. The van der Waals surface area contributed by atoms with Gasteiger partial charge in [-0.1, -0.05) is 11.3 Å². The Hall–Kier alpha value is -1.89. The van der Waals surface area contributed by atoms with Gasteiger partial charge in [0.25, 0.3) is 0 Å².